The topological polar surface area (TPSA) is 52.6 Å². The van der Waals surface area contributed by atoms with Gasteiger partial charge in [-0.3, -0.25) is 9.59 Å². The Balaban J connectivity index is 2.57. The van der Waals surface area contributed by atoms with E-state index in [9.17, 15) is 9.59 Å². The monoisotopic (exact) mass is 198 g/mol. The van der Waals surface area contributed by atoms with Crippen molar-refractivity contribution in [2.75, 3.05) is 0 Å². The minimum atomic E-state index is -0.426. The second kappa shape index (κ2) is 4.79. The lowest BCUT2D eigenvalue weighted by Gasteiger charge is -2.26. The Morgan fingerprint density at radius 1 is 1.21 bits per heavy atom. The van der Waals surface area contributed by atoms with Gasteiger partial charge in [-0.25, -0.2) is 0 Å². The molecule has 0 fully saturated rings. The van der Waals surface area contributed by atoms with Crippen LogP contribution in [0.4, 0.5) is 0 Å². The zero-order valence-corrected chi connectivity index (χ0v) is 8.36. The van der Waals surface area contributed by atoms with Gasteiger partial charge in [-0.15, -0.1) is 0 Å². The minimum Gasteiger partial charge on any atom is -0.458 e. The maximum atomic E-state index is 10.8. The van der Waals surface area contributed by atoms with Gasteiger partial charge in [-0.1, -0.05) is 6.08 Å². The van der Waals surface area contributed by atoms with Gasteiger partial charge in [-0.2, -0.15) is 0 Å². The van der Waals surface area contributed by atoms with Crippen LogP contribution in [0.2, 0.25) is 0 Å². The third-order valence-corrected chi connectivity index (χ3v) is 1.93. The van der Waals surface area contributed by atoms with E-state index in [0.29, 0.717) is 6.42 Å². The molecule has 0 saturated carbocycles. The summed E-state index contributed by atoms with van der Waals surface area (Å²) >= 11 is 0. The highest BCUT2D eigenvalue weighted by Gasteiger charge is 2.26. The first kappa shape index (κ1) is 10.8. The summed E-state index contributed by atoms with van der Waals surface area (Å²) < 4.78 is 10.0. The van der Waals surface area contributed by atoms with E-state index in [-0.39, 0.29) is 18.0 Å². The molecule has 1 aliphatic rings. The molecule has 0 aromatic heterocycles. The molecule has 0 amide bonds. The first-order valence-corrected chi connectivity index (χ1v) is 4.60. The maximum Gasteiger partial charge on any atom is 0.303 e. The van der Waals surface area contributed by atoms with Crippen LogP contribution < -0.4 is 0 Å². The van der Waals surface area contributed by atoms with Gasteiger partial charge in [0.25, 0.3) is 0 Å². The fraction of sp³-hybridized carbons (Fsp3) is 0.600. The average molecular weight is 198 g/mol. The zero-order chi connectivity index (χ0) is 10.6. The van der Waals surface area contributed by atoms with Crippen molar-refractivity contribution < 1.29 is 19.1 Å². The van der Waals surface area contributed by atoms with Crippen molar-refractivity contribution in [2.24, 2.45) is 0 Å². The molecular formula is C10H14O4. The number of ether oxygens (including phenoxy) is 2. The zero-order valence-electron chi connectivity index (χ0n) is 8.36. The molecule has 78 valence electrons. The van der Waals surface area contributed by atoms with Gasteiger partial charge in [-0.05, 0) is 18.9 Å². The van der Waals surface area contributed by atoms with Crippen LogP contribution in [0.15, 0.2) is 12.2 Å². The number of carbonyl (C=O) groups is 2. The molecule has 1 rings (SSSR count). The lowest BCUT2D eigenvalue weighted by Crippen LogP contribution is -2.34. The van der Waals surface area contributed by atoms with Crippen LogP contribution >= 0.6 is 0 Å². The number of hydrogen-bond donors (Lipinski definition) is 0. The van der Waals surface area contributed by atoms with Crippen molar-refractivity contribution in [1.29, 1.82) is 0 Å². The Labute approximate surface area is 82.9 Å². The molecule has 0 aliphatic heterocycles. The van der Waals surface area contributed by atoms with Gasteiger partial charge in [0.1, 0.15) is 6.10 Å². The van der Waals surface area contributed by atoms with Crippen molar-refractivity contribution >= 4 is 11.9 Å². The summed E-state index contributed by atoms with van der Waals surface area (Å²) in [6.07, 6.45) is 4.47. The number of rotatable bonds is 2. The first-order valence-electron chi connectivity index (χ1n) is 4.60. The van der Waals surface area contributed by atoms with E-state index in [0.717, 1.165) is 6.42 Å². The molecule has 0 aromatic carbocycles. The van der Waals surface area contributed by atoms with E-state index in [4.69, 9.17) is 9.47 Å². The van der Waals surface area contributed by atoms with E-state index in [1.807, 2.05) is 6.08 Å². The molecule has 0 unspecified atom stereocenters. The summed E-state index contributed by atoms with van der Waals surface area (Å²) in [5.74, 6) is -0.707. The third kappa shape index (κ3) is 3.20. The largest absolute Gasteiger partial charge is 0.458 e. The predicted molar refractivity (Wildman–Crippen MR) is 49.5 cm³/mol. The molecule has 0 radical (unpaired) electrons. The van der Waals surface area contributed by atoms with Crippen molar-refractivity contribution in [1.82, 2.24) is 0 Å². The fourth-order valence-electron chi connectivity index (χ4n) is 1.43. The van der Waals surface area contributed by atoms with Gasteiger partial charge < -0.3 is 9.47 Å². The smallest absolute Gasteiger partial charge is 0.303 e. The standard InChI is InChI=1S/C10H14O4/c1-7(11)13-9-5-3-4-6-10(9)14-8(2)12/h3,5,9-10H,4,6H2,1-2H3/t9-,10-/m0/s1. The minimum absolute atomic E-state index is 0.332. The molecule has 0 saturated heterocycles. The summed E-state index contributed by atoms with van der Waals surface area (Å²) in [7, 11) is 0. The second-order valence-corrected chi connectivity index (χ2v) is 3.23. The summed E-state index contributed by atoms with van der Waals surface area (Å²) in [5, 5.41) is 0. The van der Waals surface area contributed by atoms with Gasteiger partial charge in [0.15, 0.2) is 6.10 Å². The normalized spacial score (nSPS) is 25.6. The molecule has 2 atom stereocenters. The fourth-order valence-corrected chi connectivity index (χ4v) is 1.43. The van der Waals surface area contributed by atoms with Crippen LogP contribution in [-0.4, -0.2) is 24.1 Å². The Bertz CT molecular complexity index is 257. The highest BCUT2D eigenvalue weighted by molar-refractivity contribution is 5.67. The Morgan fingerprint density at radius 2 is 1.86 bits per heavy atom. The van der Waals surface area contributed by atoms with Crippen molar-refractivity contribution in [3.05, 3.63) is 12.2 Å². The molecular weight excluding hydrogens is 184 g/mol. The quantitative estimate of drug-likeness (QED) is 0.494. The van der Waals surface area contributed by atoms with Gasteiger partial charge in [0.2, 0.25) is 0 Å². The van der Waals surface area contributed by atoms with Crippen LogP contribution in [-0.2, 0) is 19.1 Å². The summed E-state index contributed by atoms with van der Waals surface area (Å²) in [6, 6.07) is 0. The Hall–Kier alpha value is -1.32. The molecule has 0 spiro atoms. The van der Waals surface area contributed by atoms with Gasteiger partial charge in [0, 0.05) is 13.8 Å². The van der Waals surface area contributed by atoms with Crippen molar-refractivity contribution in [3.63, 3.8) is 0 Å². The number of esters is 2. The lowest BCUT2D eigenvalue weighted by atomic mass is 10.0. The van der Waals surface area contributed by atoms with Crippen molar-refractivity contribution in [3.8, 4) is 0 Å². The molecule has 0 bridgehead atoms. The number of allylic oxidation sites excluding steroid dienone is 1. The molecule has 14 heavy (non-hydrogen) atoms. The first-order chi connectivity index (χ1) is 6.59. The number of carbonyl (C=O) groups excluding carboxylic acids is 2. The molecule has 0 aromatic rings. The molecule has 1 aliphatic carbocycles. The maximum absolute atomic E-state index is 10.8. The molecule has 4 heteroatoms. The van der Waals surface area contributed by atoms with Gasteiger partial charge >= 0.3 is 11.9 Å². The van der Waals surface area contributed by atoms with E-state index in [2.05, 4.69) is 0 Å². The summed E-state index contributed by atoms with van der Waals surface area (Å²) in [4.78, 5) is 21.5. The summed E-state index contributed by atoms with van der Waals surface area (Å²) in [5.41, 5.74) is 0. The van der Waals surface area contributed by atoms with E-state index < -0.39 is 6.10 Å². The van der Waals surface area contributed by atoms with E-state index in [1.54, 1.807) is 6.08 Å². The average Bonchev–Trinajstić information content (AvgIpc) is 2.06. The lowest BCUT2D eigenvalue weighted by molar-refractivity contribution is -0.162. The highest BCUT2D eigenvalue weighted by atomic mass is 16.6. The van der Waals surface area contributed by atoms with Crippen LogP contribution in [0.1, 0.15) is 26.7 Å². The van der Waals surface area contributed by atoms with Crippen LogP contribution in [0, 0.1) is 0 Å². The Morgan fingerprint density at radius 3 is 2.43 bits per heavy atom. The molecule has 0 N–H and O–H groups in total. The van der Waals surface area contributed by atoms with E-state index >= 15 is 0 Å². The van der Waals surface area contributed by atoms with Crippen LogP contribution in [0.3, 0.4) is 0 Å². The molecule has 4 nitrogen and oxygen atoms in total. The SMILES string of the molecule is CC(=O)O[C@H]1C=CCC[C@@H]1OC(C)=O. The number of hydrogen-bond acceptors (Lipinski definition) is 4. The van der Waals surface area contributed by atoms with Crippen molar-refractivity contribution in [2.45, 2.75) is 38.9 Å². The van der Waals surface area contributed by atoms with Gasteiger partial charge in [0.05, 0.1) is 0 Å². The summed E-state index contributed by atoms with van der Waals surface area (Å²) in [6.45, 7) is 2.69. The molecule has 0 heterocycles. The Kier molecular flexibility index (Phi) is 3.68. The third-order valence-electron chi connectivity index (χ3n) is 1.93. The second-order valence-electron chi connectivity index (χ2n) is 3.23. The van der Waals surface area contributed by atoms with E-state index in [1.165, 1.54) is 13.8 Å². The van der Waals surface area contributed by atoms with Crippen LogP contribution in [0.5, 0.6) is 0 Å². The highest BCUT2D eigenvalue weighted by Crippen LogP contribution is 2.18. The van der Waals surface area contributed by atoms with Crippen LogP contribution in [0.25, 0.3) is 0 Å². The predicted octanol–water partition coefficient (Wildman–Crippen LogP) is 1.20.